The predicted octanol–water partition coefficient (Wildman–Crippen LogP) is 3.87. The molecule has 0 aromatic heterocycles. The molecule has 0 aromatic carbocycles. The summed E-state index contributed by atoms with van der Waals surface area (Å²) in [6.45, 7) is 9.36. The Morgan fingerprint density at radius 3 is 1.94 bits per heavy atom. The van der Waals surface area contributed by atoms with Crippen molar-refractivity contribution < 1.29 is 0 Å². The molecule has 92 valence electrons. The highest BCUT2D eigenvalue weighted by molar-refractivity contribution is 6.12. The van der Waals surface area contributed by atoms with E-state index < -0.39 is 0 Å². The fourth-order valence-electron chi connectivity index (χ4n) is 4.18. The molecule has 0 spiro atoms. The molecule has 2 fully saturated rings. The van der Waals surface area contributed by atoms with E-state index >= 15 is 0 Å². The number of hydrogen-bond acceptors (Lipinski definition) is 0. The lowest BCUT2D eigenvalue weighted by Crippen LogP contribution is -2.39. The average molecular weight is 228 g/mol. The van der Waals surface area contributed by atoms with Gasteiger partial charge in [0.25, 0.3) is 0 Å². The van der Waals surface area contributed by atoms with E-state index in [0.717, 1.165) is 29.6 Å². The van der Waals surface area contributed by atoms with Gasteiger partial charge in [-0.1, -0.05) is 52.2 Å². The van der Waals surface area contributed by atoms with Crippen LogP contribution in [0.2, 0.25) is 11.6 Å². The molecule has 0 aliphatic heterocycles. The van der Waals surface area contributed by atoms with Crippen LogP contribution in [0.3, 0.4) is 0 Å². The first kappa shape index (κ1) is 13.6. The van der Waals surface area contributed by atoms with E-state index in [2.05, 4.69) is 27.7 Å². The first-order chi connectivity index (χ1) is 7.93. The van der Waals surface area contributed by atoms with E-state index in [0.29, 0.717) is 17.6 Å². The standard InChI is InChI=1S/C15H26B2/c1-8-10(3)14(16)7-12(8)5-6-13-9(2)11(4)15(13)17/h8-15H,5-7H2,1-4H3. The summed E-state index contributed by atoms with van der Waals surface area (Å²) in [6, 6.07) is 0. The topological polar surface area (TPSA) is 0 Å². The van der Waals surface area contributed by atoms with Gasteiger partial charge in [-0.2, -0.15) is 0 Å². The molecule has 2 saturated carbocycles. The minimum absolute atomic E-state index is 0.432. The maximum absolute atomic E-state index is 6.21. The molecule has 0 nitrogen and oxygen atoms in total. The van der Waals surface area contributed by atoms with Crippen molar-refractivity contribution in [3.8, 4) is 0 Å². The quantitative estimate of drug-likeness (QED) is 0.643. The van der Waals surface area contributed by atoms with Crippen LogP contribution < -0.4 is 0 Å². The summed E-state index contributed by atoms with van der Waals surface area (Å²) in [6.07, 6.45) is 3.89. The SMILES string of the molecule is [B]C1CC(CCC2C([B])C(C)C2C)C(C)C1C. The zero-order chi connectivity index (χ0) is 12.7. The first-order valence-corrected chi connectivity index (χ1v) is 7.44. The Morgan fingerprint density at radius 1 is 0.824 bits per heavy atom. The van der Waals surface area contributed by atoms with Gasteiger partial charge < -0.3 is 0 Å². The fourth-order valence-corrected chi connectivity index (χ4v) is 4.18. The van der Waals surface area contributed by atoms with E-state index in [9.17, 15) is 0 Å². The van der Waals surface area contributed by atoms with Gasteiger partial charge in [0.2, 0.25) is 0 Å². The maximum Gasteiger partial charge on any atom is 0.0707 e. The molecule has 8 unspecified atom stereocenters. The molecule has 0 aromatic rings. The van der Waals surface area contributed by atoms with Crippen LogP contribution in [0.25, 0.3) is 0 Å². The maximum atomic E-state index is 6.21. The second-order valence-electron chi connectivity index (χ2n) is 6.91. The Hall–Kier alpha value is 0.130. The summed E-state index contributed by atoms with van der Waals surface area (Å²) in [5, 5.41) is 0. The fraction of sp³-hybridized carbons (Fsp3) is 1.00. The van der Waals surface area contributed by atoms with Crippen molar-refractivity contribution >= 4 is 15.7 Å². The lowest BCUT2D eigenvalue weighted by molar-refractivity contribution is 0.0878. The van der Waals surface area contributed by atoms with Crippen LogP contribution in [-0.2, 0) is 0 Å². The van der Waals surface area contributed by atoms with Gasteiger partial charge >= 0.3 is 0 Å². The molecule has 0 heterocycles. The molecule has 4 radical (unpaired) electrons. The van der Waals surface area contributed by atoms with Crippen LogP contribution in [-0.4, -0.2) is 15.7 Å². The summed E-state index contributed by atoms with van der Waals surface area (Å²) in [4.78, 5) is 0. The Kier molecular flexibility index (Phi) is 4.00. The molecule has 17 heavy (non-hydrogen) atoms. The zero-order valence-corrected chi connectivity index (χ0v) is 11.9. The second-order valence-corrected chi connectivity index (χ2v) is 6.91. The number of rotatable bonds is 3. The highest BCUT2D eigenvalue weighted by atomic mass is 14.5. The molecule has 2 heteroatoms. The van der Waals surface area contributed by atoms with Gasteiger partial charge in [-0.05, 0) is 41.9 Å². The number of hydrogen-bond donors (Lipinski definition) is 0. The van der Waals surface area contributed by atoms with Crippen LogP contribution in [0.15, 0.2) is 0 Å². The lowest BCUT2D eigenvalue weighted by atomic mass is 9.49. The molecule has 0 bridgehead atoms. The summed E-state index contributed by atoms with van der Waals surface area (Å²) in [5.41, 5.74) is 0. The monoisotopic (exact) mass is 228 g/mol. The lowest BCUT2D eigenvalue weighted by Gasteiger charge is -2.49. The van der Waals surface area contributed by atoms with Gasteiger partial charge in [0, 0.05) is 0 Å². The Bertz CT molecular complexity index is 256. The van der Waals surface area contributed by atoms with Crippen LogP contribution in [0, 0.1) is 35.5 Å². The van der Waals surface area contributed by atoms with Gasteiger partial charge in [-0.15, -0.1) is 0 Å². The van der Waals surface area contributed by atoms with Crippen molar-refractivity contribution in [2.45, 2.75) is 58.6 Å². The average Bonchev–Trinajstić information content (AvgIpc) is 2.56. The molecule has 0 saturated heterocycles. The minimum Gasteiger partial charge on any atom is -0.0743 e. The molecular formula is C15H26B2. The van der Waals surface area contributed by atoms with Crippen LogP contribution in [0.4, 0.5) is 0 Å². The van der Waals surface area contributed by atoms with E-state index in [1.807, 2.05) is 0 Å². The summed E-state index contributed by atoms with van der Waals surface area (Å²) >= 11 is 0. The molecule has 0 N–H and O–H groups in total. The van der Waals surface area contributed by atoms with Crippen LogP contribution in [0.1, 0.15) is 47.0 Å². The largest absolute Gasteiger partial charge is 0.0743 e. The van der Waals surface area contributed by atoms with Gasteiger partial charge in [0.15, 0.2) is 0 Å². The zero-order valence-electron chi connectivity index (χ0n) is 11.9. The van der Waals surface area contributed by atoms with Crippen molar-refractivity contribution in [2.75, 3.05) is 0 Å². The highest BCUT2D eigenvalue weighted by Gasteiger charge is 2.42. The van der Waals surface area contributed by atoms with Crippen LogP contribution in [0.5, 0.6) is 0 Å². The van der Waals surface area contributed by atoms with Gasteiger partial charge in [0.05, 0.1) is 15.7 Å². The molecular weight excluding hydrogens is 202 g/mol. The molecule has 8 atom stereocenters. The third-order valence-electron chi connectivity index (χ3n) is 6.30. The summed E-state index contributed by atoms with van der Waals surface area (Å²) < 4.78 is 0. The van der Waals surface area contributed by atoms with Crippen LogP contribution >= 0.6 is 0 Å². The second kappa shape index (κ2) is 5.02. The molecule has 0 amide bonds. The van der Waals surface area contributed by atoms with E-state index in [-0.39, 0.29) is 0 Å². The Labute approximate surface area is 110 Å². The summed E-state index contributed by atoms with van der Waals surface area (Å²) in [5.74, 6) is 5.55. The highest BCUT2D eigenvalue weighted by Crippen LogP contribution is 2.52. The third-order valence-corrected chi connectivity index (χ3v) is 6.30. The molecule has 2 aliphatic rings. The van der Waals surface area contributed by atoms with E-state index in [1.165, 1.54) is 19.3 Å². The smallest absolute Gasteiger partial charge is 0.0707 e. The predicted molar refractivity (Wildman–Crippen MR) is 76.5 cm³/mol. The van der Waals surface area contributed by atoms with Crippen molar-refractivity contribution in [2.24, 2.45) is 35.5 Å². The molecule has 2 rings (SSSR count). The Balaban J connectivity index is 1.80. The Morgan fingerprint density at radius 2 is 1.47 bits per heavy atom. The van der Waals surface area contributed by atoms with Crippen molar-refractivity contribution in [3.63, 3.8) is 0 Å². The third kappa shape index (κ3) is 2.34. The van der Waals surface area contributed by atoms with Crippen molar-refractivity contribution in [1.29, 1.82) is 0 Å². The van der Waals surface area contributed by atoms with Gasteiger partial charge in [-0.3, -0.25) is 0 Å². The van der Waals surface area contributed by atoms with Gasteiger partial charge in [-0.25, -0.2) is 0 Å². The summed E-state index contributed by atoms with van der Waals surface area (Å²) in [7, 11) is 12.4. The van der Waals surface area contributed by atoms with Crippen molar-refractivity contribution in [1.82, 2.24) is 0 Å². The first-order valence-electron chi connectivity index (χ1n) is 7.44. The van der Waals surface area contributed by atoms with Crippen molar-refractivity contribution in [3.05, 3.63) is 0 Å². The minimum atomic E-state index is 0.432. The van der Waals surface area contributed by atoms with E-state index in [1.54, 1.807) is 0 Å². The molecule has 2 aliphatic carbocycles. The van der Waals surface area contributed by atoms with E-state index in [4.69, 9.17) is 15.7 Å². The normalized spacial score (nSPS) is 54.6. The van der Waals surface area contributed by atoms with Gasteiger partial charge in [0.1, 0.15) is 0 Å².